The van der Waals surface area contributed by atoms with E-state index in [1.54, 1.807) is 0 Å². The predicted molar refractivity (Wildman–Crippen MR) is 48.5 cm³/mol. The van der Waals surface area contributed by atoms with Crippen molar-refractivity contribution in [2.24, 2.45) is 5.92 Å². The molecule has 3 heteroatoms. The topological polar surface area (TPSA) is 27.7 Å². The van der Waals surface area contributed by atoms with Crippen molar-refractivity contribution in [1.82, 2.24) is 0 Å². The Kier molecular flexibility index (Phi) is 2.86. The van der Waals surface area contributed by atoms with E-state index in [4.69, 9.17) is 14.2 Å². The number of ether oxygens (including phenoxy) is 3. The van der Waals surface area contributed by atoms with Crippen molar-refractivity contribution >= 4 is 0 Å². The molecule has 2 aliphatic heterocycles. The van der Waals surface area contributed by atoms with Crippen molar-refractivity contribution in [3.05, 3.63) is 0 Å². The highest BCUT2D eigenvalue weighted by molar-refractivity contribution is 4.79. The van der Waals surface area contributed by atoms with Crippen molar-refractivity contribution in [3.8, 4) is 0 Å². The van der Waals surface area contributed by atoms with Gasteiger partial charge in [-0.15, -0.1) is 0 Å². The van der Waals surface area contributed by atoms with E-state index in [2.05, 4.69) is 6.92 Å². The van der Waals surface area contributed by atoms with Crippen LogP contribution in [0.25, 0.3) is 0 Å². The molecule has 0 aromatic carbocycles. The van der Waals surface area contributed by atoms with Crippen LogP contribution in [0.3, 0.4) is 0 Å². The summed E-state index contributed by atoms with van der Waals surface area (Å²) in [5.41, 5.74) is 0. The summed E-state index contributed by atoms with van der Waals surface area (Å²) < 4.78 is 16.8. The highest BCUT2D eigenvalue weighted by atomic mass is 16.7. The zero-order valence-electron chi connectivity index (χ0n) is 8.25. The van der Waals surface area contributed by atoms with Gasteiger partial charge in [-0.3, -0.25) is 0 Å². The maximum atomic E-state index is 5.74. The second kappa shape index (κ2) is 3.95. The van der Waals surface area contributed by atoms with Gasteiger partial charge in [0.2, 0.25) is 0 Å². The lowest BCUT2D eigenvalue weighted by Gasteiger charge is -2.36. The minimum atomic E-state index is -0.371. The highest BCUT2D eigenvalue weighted by Gasteiger charge is 2.40. The second-order valence-electron chi connectivity index (χ2n) is 3.99. The molecule has 0 unspecified atom stereocenters. The summed E-state index contributed by atoms with van der Waals surface area (Å²) in [4.78, 5) is 0. The first-order valence-corrected chi connectivity index (χ1v) is 5.20. The molecule has 2 saturated heterocycles. The largest absolute Gasteiger partial charge is 0.376 e. The molecule has 0 bridgehead atoms. The van der Waals surface area contributed by atoms with E-state index in [0.717, 1.165) is 26.2 Å². The fourth-order valence-electron chi connectivity index (χ4n) is 1.96. The van der Waals surface area contributed by atoms with E-state index in [1.807, 2.05) is 0 Å². The number of hydrogen-bond acceptors (Lipinski definition) is 3. The Balaban J connectivity index is 1.81. The van der Waals surface area contributed by atoms with Crippen LogP contribution in [0.1, 0.15) is 26.2 Å². The van der Waals surface area contributed by atoms with Gasteiger partial charge in [-0.05, 0) is 6.42 Å². The van der Waals surface area contributed by atoms with Gasteiger partial charge in [0.05, 0.1) is 19.8 Å². The first-order chi connectivity index (χ1) is 6.35. The summed E-state index contributed by atoms with van der Waals surface area (Å²) in [6.45, 7) is 5.28. The molecule has 13 heavy (non-hydrogen) atoms. The smallest absolute Gasteiger partial charge is 0.193 e. The number of hydrogen-bond donors (Lipinski definition) is 0. The third kappa shape index (κ3) is 2.03. The normalized spacial score (nSPS) is 39.9. The van der Waals surface area contributed by atoms with E-state index in [1.165, 1.54) is 12.8 Å². The maximum Gasteiger partial charge on any atom is 0.193 e. The molecule has 76 valence electrons. The van der Waals surface area contributed by atoms with E-state index < -0.39 is 0 Å². The van der Waals surface area contributed by atoms with Gasteiger partial charge in [-0.1, -0.05) is 13.3 Å². The molecule has 2 aliphatic rings. The SMILES string of the molecule is CCCC1COC2(CCOC2)OC1. The van der Waals surface area contributed by atoms with Crippen molar-refractivity contribution in [2.45, 2.75) is 32.0 Å². The average Bonchev–Trinajstić information content (AvgIpc) is 2.59. The van der Waals surface area contributed by atoms with Crippen molar-refractivity contribution < 1.29 is 14.2 Å². The standard InChI is InChI=1S/C10H18O3/c1-2-3-9-6-12-10(13-7-9)4-5-11-8-10/h9H,2-8H2,1H3. The molecule has 3 nitrogen and oxygen atoms in total. The van der Waals surface area contributed by atoms with Crippen LogP contribution in [0, 0.1) is 5.92 Å². The molecule has 2 rings (SSSR count). The third-order valence-corrected chi connectivity index (χ3v) is 2.81. The lowest BCUT2D eigenvalue weighted by Crippen LogP contribution is -2.44. The minimum absolute atomic E-state index is 0.371. The van der Waals surface area contributed by atoms with Crippen molar-refractivity contribution in [3.63, 3.8) is 0 Å². The Labute approximate surface area is 79.4 Å². The quantitative estimate of drug-likeness (QED) is 0.655. The van der Waals surface area contributed by atoms with Crippen LogP contribution in [0.15, 0.2) is 0 Å². The van der Waals surface area contributed by atoms with Gasteiger partial charge >= 0.3 is 0 Å². The van der Waals surface area contributed by atoms with Crippen molar-refractivity contribution in [2.75, 3.05) is 26.4 Å². The average molecular weight is 186 g/mol. The summed E-state index contributed by atoms with van der Waals surface area (Å²) in [6, 6.07) is 0. The van der Waals surface area contributed by atoms with Crippen LogP contribution in [0.5, 0.6) is 0 Å². The molecule has 0 saturated carbocycles. The van der Waals surface area contributed by atoms with Gasteiger partial charge in [0.25, 0.3) is 0 Å². The van der Waals surface area contributed by atoms with E-state index in [9.17, 15) is 0 Å². The zero-order chi connectivity index (χ0) is 9.15. The maximum absolute atomic E-state index is 5.74. The van der Waals surface area contributed by atoms with Crippen LogP contribution in [0.2, 0.25) is 0 Å². The monoisotopic (exact) mass is 186 g/mol. The fraction of sp³-hybridized carbons (Fsp3) is 1.00. The first kappa shape index (κ1) is 9.44. The number of rotatable bonds is 2. The molecular weight excluding hydrogens is 168 g/mol. The van der Waals surface area contributed by atoms with Crippen molar-refractivity contribution in [1.29, 1.82) is 0 Å². The Morgan fingerprint density at radius 1 is 1.31 bits per heavy atom. The van der Waals surface area contributed by atoms with E-state index in [-0.39, 0.29) is 5.79 Å². The summed E-state index contributed by atoms with van der Waals surface area (Å²) in [5.74, 6) is 0.223. The molecule has 0 N–H and O–H groups in total. The van der Waals surface area contributed by atoms with Gasteiger partial charge < -0.3 is 14.2 Å². The summed E-state index contributed by atoms with van der Waals surface area (Å²) >= 11 is 0. The van der Waals surface area contributed by atoms with Crippen LogP contribution < -0.4 is 0 Å². The second-order valence-corrected chi connectivity index (χ2v) is 3.99. The molecule has 0 aromatic heterocycles. The Morgan fingerprint density at radius 3 is 2.62 bits per heavy atom. The van der Waals surface area contributed by atoms with Crippen LogP contribution in [-0.4, -0.2) is 32.2 Å². The molecule has 0 aliphatic carbocycles. The minimum Gasteiger partial charge on any atom is -0.376 e. The lowest BCUT2D eigenvalue weighted by molar-refractivity contribution is -0.279. The summed E-state index contributed by atoms with van der Waals surface area (Å²) in [7, 11) is 0. The van der Waals surface area contributed by atoms with Crippen LogP contribution in [0.4, 0.5) is 0 Å². The molecule has 0 aromatic rings. The van der Waals surface area contributed by atoms with E-state index >= 15 is 0 Å². The molecule has 0 radical (unpaired) electrons. The van der Waals surface area contributed by atoms with Crippen LogP contribution in [-0.2, 0) is 14.2 Å². The zero-order valence-corrected chi connectivity index (χ0v) is 8.25. The molecular formula is C10H18O3. The van der Waals surface area contributed by atoms with Gasteiger partial charge in [-0.2, -0.15) is 0 Å². The van der Waals surface area contributed by atoms with Gasteiger partial charge in [0.15, 0.2) is 5.79 Å². The molecule has 1 spiro atoms. The Bertz CT molecular complexity index is 154. The first-order valence-electron chi connectivity index (χ1n) is 5.20. The lowest BCUT2D eigenvalue weighted by atomic mass is 10.0. The summed E-state index contributed by atoms with van der Waals surface area (Å²) in [5, 5.41) is 0. The Morgan fingerprint density at radius 2 is 2.08 bits per heavy atom. The Hall–Kier alpha value is -0.120. The molecule has 2 fully saturated rings. The van der Waals surface area contributed by atoms with E-state index in [0.29, 0.717) is 12.5 Å². The molecule has 2 heterocycles. The van der Waals surface area contributed by atoms with Gasteiger partial charge in [0, 0.05) is 12.3 Å². The third-order valence-electron chi connectivity index (χ3n) is 2.81. The van der Waals surface area contributed by atoms with Gasteiger partial charge in [-0.25, -0.2) is 0 Å². The molecule has 0 atom stereocenters. The summed E-state index contributed by atoms with van der Waals surface area (Å²) in [6.07, 6.45) is 3.31. The fourth-order valence-corrected chi connectivity index (χ4v) is 1.96. The van der Waals surface area contributed by atoms with Gasteiger partial charge in [0.1, 0.15) is 6.61 Å². The molecule has 0 amide bonds. The predicted octanol–water partition coefficient (Wildman–Crippen LogP) is 1.57. The van der Waals surface area contributed by atoms with Crippen LogP contribution >= 0.6 is 0 Å². The highest BCUT2D eigenvalue weighted by Crippen LogP contribution is 2.30.